The molecule has 0 spiro atoms. The Morgan fingerprint density at radius 2 is 1.00 bits per heavy atom. The molecular formula is C6H16O6. The van der Waals surface area contributed by atoms with Crippen molar-refractivity contribution in [1.29, 1.82) is 0 Å². The topological polar surface area (TPSA) is 138 Å². The molecule has 0 rings (SSSR count). The molecule has 0 fully saturated rings. The Balaban J connectivity index is -0.0000000457. The second-order valence-electron chi connectivity index (χ2n) is 1.49. The van der Waals surface area contributed by atoms with E-state index in [2.05, 4.69) is 0 Å². The average molecular weight is 184 g/mol. The van der Waals surface area contributed by atoms with Gasteiger partial charge in [-0.1, -0.05) is 13.8 Å². The highest BCUT2D eigenvalue weighted by atomic mass is 16.4. The first-order valence-corrected chi connectivity index (χ1v) is 2.98. The van der Waals surface area contributed by atoms with Crippen LogP contribution in [0, 0.1) is 0 Å². The molecule has 0 unspecified atom stereocenters. The zero-order valence-corrected chi connectivity index (χ0v) is 7.13. The summed E-state index contributed by atoms with van der Waals surface area (Å²) in [6.45, 7) is 3.20. The van der Waals surface area contributed by atoms with E-state index in [1.54, 1.807) is 13.8 Å². The van der Waals surface area contributed by atoms with Crippen molar-refractivity contribution in [1.82, 2.24) is 0 Å². The van der Waals surface area contributed by atoms with E-state index in [9.17, 15) is 9.59 Å². The van der Waals surface area contributed by atoms with Crippen LogP contribution >= 0.6 is 0 Å². The zero-order valence-electron chi connectivity index (χ0n) is 7.13. The fourth-order valence-electron chi connectivity index (χ4n) is 0. The lowest BCUT2D eigenvalue weighted by molar-refractivity contribution is -0.137. The van der Waals surface area contributed by atoms with Crippen molar-refractivity contribution in [3.05, 3.63) is 0 Å². The second-order valence-corrected chi connectivity index (χ2v) is 1.49. The monoisotopic (exact) mass is 184 g/mol. The minimum Gasteiger partial charge on any atom is -0.481 e. The van der Waals surface area contributed by atoms with Crippen LogP contribution in [0.1, 0.15) is 26.7 Å². The molecule has 0 aliphatic carbocycles. The van der Waals surface area contributed by atoms with Gasteiger partial charge in [-0.05, 0) is 0 Å². The van der Waals surface area contributed by atoms with Gasteiger partial charge in [0.1, 0.15) is 0 Å². The number of aliphatic carboxylic acids is 2. The molecule has 0 aromatic heterocycles. The molecular weight excluding hydrogens is 168 g/mol. The van der Waals surface area contributed by atoms with Crippen molar-refractivity contribution in [3.63, 3.8) is 0 Å². The molecule has 0 aromatic rings. The maximum atomic E-state index is 9.37. The number of hydrogen-bond donors (Lipinski definition) is 2. The van der Waals surface area contributed by atoms with Crippen molar-refractivity contribution >= 4 is 11.9 Å². The molecule has 0 aromatic carbocycles. The van der Waals surface area contributed by atoms with Crippen LogP contribution in [0.5, 0.6) is 0 Å². The van der Waals surface area contributed by atoms with E-state index in [1.165, 1.54) is 0 Å². The molecule has 0 saturated heterocycles. The summed E-state index contributed by atoms with van der Waals surface area (Å²) in [6, 6.07) is 0. The van der Waals surface area contributed by atoms with Crippen LogP contribution in [0.15, 0.2) is 0 Å². The van der Waals surface area contributed by atoms with Crippen LogP contribution in [0.4, 0.5) is 0 Å². The highest BCUT2D eigenvalue weighted by molar-refractivity contribution is 5.66. The Morgan fingerprint density at radius 3 is 1.00 bits per heavy atom. The van der Waals surface area contributed by atoms with Gasteiger partial charge < -0.3 is 21.2 Å². The molecule has 0 aliphatic heterocycles. The minimum absolute atomic E-state index is 0. The molecule has 6 N–H and O–H groups in total. The Bertz CT molecular complexity index is 96.6. The molecule has 0 radical (unpaired) electrons. The molecule has 0 atom stereocenters. The summed E-state index contributed by atoms with van der Waals surface area (Å²) in [5.41, 5.74) is 0. The predicted molar refractivity (Wildman–Crippen MR) is 43.1 cm³/mol. The Labute approximate surface area is 70.4 Å². The van der Waals surface area contributed by atoms with Crippen molar-refractivity contribution in [2.24, 2.45) is 0 Å². The van der Waals surface area contributed by atoms with Gasteiger partial charge in [0.2, 0.25) is 0 Å². The van der Waals surface area contributed by atoms with Gasteiger partial charge in [-0.15, -0.1) is 0 Å². The third kappa shape index (κ3) is 66.9. The van der Waals surface area contributed by atoms with Crippen molar-refractivity contribution in [2.45, 2.75) is 26.7 Å². The third-order valence-electron chi connectivity index (χ3n) is 0.605. The number of carboxylic acids is 2. The van der Waals surface area contributed by atoms with Crippen molar-refractivity contribution in [2.75, 3.05) is 0 Å². The standard InChI is InChI=1S/2C3H6O2.2H2O/c2*1-2-3(4)5;;/h2*2H2,1H3,(H,4,5);2*1H2. The van der Waals surface area contributed by atoms with Crippen LogP contribution < -0.4 is 0 Å². The van der Waals surface area contributed by atoms with Crippen LogP contribution in [0.25, 0.3) is 0 Å². The quantitative estimate of drug-likeness (QED) is 0.586. The van der Waals surface area contributed by atoms with Crippen molar-refractivity contribution < 1.29 is 30.8 Å². The van der Waals surface area contributed by atoms with Gasteiger partial charge in [-0.3, -0.25) is 9.59 Å². The van der Waals surface area contributed by atoms with Gasteiger partial charge >= 0.3 is 11.9 Å². The summed E-state index contributed by atoms with van der Waals surface area (Å²) in [5, 5.41) is 15.4. The first-order chi connectivity index (χ1) is 4.54. The molecule has 6 nitrogen and oxygen atoms in total. The molecule has 0 bridgehead atoms. The van der Waals surface area contributed by atoms with Gasteiger partial charge in [0.15, 0.2) is 0 Å². The SMILES string of the molecule is CCC(=O)O.CCC(=O)O.O.O. The minimum atomic E-state index is -0.745. The average Bonchev–Trinajstić information content (AvgIpc) is 1.89. The number of carboxylic acid groups (broad SMARTS) is 2. The summed E-state index contributed by atoms with van der Waals surface area (Å²) >= 11 is 0. The van der Waals surface area contributed by atoms with Gasteiger partial charge in [0.25, 0.3) is 0 Å². The first kappa shape index (κ1) is 22.4. The van der Waals surface area contributed by atoms with Gasteiger partial charge in [0, 0.05) is 12.8 Å². The van der Waals surface area contributed by atoms with E-state index < -0.39 is 11.9 Å². The van der Waals surface area contributed by atoms with Gasteiger partial charge in [-0.25, -0.2) is 0 Å². The summed E-state index contributed by atoms with van der Waals surface area (Å²) in [7, 11) is 0. The number of hydrogen-bond acceptors (Lipinski definition) is 2. The lowest BCUT2D eigenvalue weighted by Crippen LogP contribution is -1.86. The highest BCUT2D eigenvalue weighted by Gasteiger charge is 1.81. The summed E-state index contributed by atoms with van der Waals surface area (Å²) in [4.78, 5) is 18.7. The largest absolute Gasteiger partial charge is 0.481 e. The second kappa shape index (κ2) is 16.4. The number of carbonyl (C=O) groups is 2. The molecule has 0 heterocycles. The lowest BCUT2D eigenvalue weighted by atomic mass is 10.5. The van der Waals surface area contributed by atoms with Crippen LogP contribution in [0.2, 0.25) is 0 Å². The van der Waals surface area contributed by atoms with Gasteiger partial charge in [0.05, 0.1) is 0 Å². The Hall–Kier alpha value is -1.14. The van der Waals surface area contributed by atoms with Gasteiger partial charge in [-0.2, -0.15) is 0 Å². The van der Waals surface area contributed by atoms with E-state index in [-0.39, 0.29) is 23.8 Å². The fraction of sp³-hybridized carbons (Fsp3) is 0.667. The molecule has 6 heteroatoms. The smallest absolute Gasteiger partial charge is 0.303 e. The molecule has 0 aliphatic rings. The van der Waals surface area contributed by atoms with Crippen LogP contribution in [-0.4, -0.2) is 33.1 Å². The Kier molecular flexibility index (Phi) is 30.8. The van der Waals surface area contributed by atoms with E-state index in [0.717, 1.165) is 0 Å². The summed E-state index contributed by atoms with van der Waals surface area (Å²) in [5.74, 6) is -1.49. The molecule has 0 saturated carbocycles. The van der Waals surface area contributed by atoms with E-state index in [0.29, 0.717) is 0 Å². The first-order valence-electron chi connectivity index (χ1n) is 2.98. The lowest BCUT2D eigenvalue weighted by Gasteiger charge is -1.71. The summed E-state index contributed by atoms with van der Waals surface area (Å²) < 4.78 is 0. The fourth-order valence-corrected chi connectivity index (χ4v) is 0. The third-order valence-corrected chi connectivity index (χ3v) is 0.605. The molecule has 12 heavy (non-hydrogen) atoms. The predicted octanol–water partition coefficient (Wildman–Crippen LogP) is -0.687. The maximum Gasteiger partial charge on any atom is 0.303 e. The molecule has 76 valence electrons. The highest BCUT2D eigenvalue weighted by Crippen LogP contribution is 1.67. The normalized spacial score (nSPS) is 6.17. The number of rotatable bonds is 2. The van der Waals surface area contributed by atoms with E-state index in [4.69, 9.17) is 10.2 Å². The Morgan fingerprint density at radius 1 is 0.917 bits per heavy atom. The van der Waals surface area contributed by atoms with Crippen LogP contribution in [-0.2, 0) is 9.59 Å². The van der Waals surface area contributed by atoms with Crippen LogP contribution in [0.3, 0.4) is 0 Å². The van der Waals surface area contributed by atoms with E-state index in [1.807, 2.05) is 0 Å². The maximum absolute atomic E-state index is 9.37. The van der Waals surface area contributed by atoms with E-state index >= 15 is 0 Å². The molecule has 0 amide bonds. The van der Waals surface area contributed by atoms with Crippen molar-refractivity contribution in [3.8, 4) is 0 Å². The summed E-state index contributed by atoms with van der Waals surface area (Å²) in [6.07, 6.45) is 0.444. The zero-order chi connectivity index (χ0) is 8.57.